The van der Waals surface area contributed by atoms with E-state index >= 15 is 0 Å². The van der Waals surface area contributed by atoms with Crippen molar-refractivity contribution in [1.29, 1.82) is 0 Å². The molecule has 0 N–H and O–H groups in total. The summed E-state index contributed by atoms with van der Waals surface area (Å²) >= 11 is 0. The van der Waals surface area contributed by atoms with Crippen LogP contribution in [-0.4, -0.2) is 24.8 Å². The summed E-state index contributed by atoms with van der Waals surface area (Å²) in [6.07, 6.45) is 10.4. The summed E-state index contributed by atoms with van der Waals surface area (Å²) < 4.78 is 0. The highest BCUT2D eigenvalue weighted by Gasteiger charge is 1.86. The number of hydrogen-bond acceptors (Lipinski definition) is 2. The van der Waals surface area contributed by atoms with Gasteiger partial charge in [-0.05, 0) is 11.6 Å². The van der Waals surface area contributed by atoms with E-state index in [9.17, 15) is 4.79 Å². The maximum atomic E-state index is 11.3. The molecule has 0 saturated carbocycles. The first-order valence-corrected chi connectivity index (χ1v) is 5.47. The molecule has 0 bridgehead atoms. The van der Waals surface area contributed by atoms with Crippen LogP contribution >= 0.6 is 0 Å². The third kappa shape index (κ3) is 6.15. The molecule has 88 valence electrons. The number of ketones is 1. The second-order valence-electron chi connectivity index (χ2n) is 3.81. The predicted octanol–water partition coefficient (Wildman–Crippen LogP) is 2.90. The van der Waals surface area contributed by atoms with E-state index in [4.69, 9.17) is 0 Å². The van der Waals surface area contributed by atoms with Gasteiger partial charge in [0.15, 0.2) is 5.78 Å². The Bertz CT molecular complexity index is 427. The molecule has 0 unspecified atom stereocenters. The number of rotatable bonds is 5. The maximum absolute atomic E-state index is 11.3. The summed E-state index contributed by atoms with van der Waals surface area (Å²) in [5.74, 6) is -0.0172. The number of carbonyl (C=O) groups is 1. The third-order valence-corrected chi connectivity index (χ3v) is 2.00. The zero-order valence-electron chi connectivity index (χ0n) is 10.2. The molecule has 0 atom stereocenters. The van der Waals surface area contributed by atoms with E-state index in [1.807, 2.05) is 61.5 Å². The Morgan fingerprint density at radius 1 is 1.06 bits per heavy atom. The van der Waals surface area contributed by atoms with Crippen molar-refractivity contribution >= 4 is 11.9 Å². The van der Waals surface area contributed by atoms with Gasteiger partial charge >= 0.3 is 0 Å². The Morgan fingerprint density at radius 2 is 1.76 bits per heavy atom. The molecule has 0 aliphatic heterocycles. The first kappa shape index (κ1) is 13.0. The van der Waals surface area contributed by atoms with E-state index in [1.54, 1.807) is 18.4 Å². The highest BCUT2D eigenvalue weighted by atomic mass is 16.1. The second-order valence-corrected chi connectivity index (χ2v) is 3.81. The Hall–Kier alpha value is -2.09. The monoisotopic (exact) mass is 227 g/mol. The van der Waals surface area contributed by atoms with Gasteiger partial charge in [-0.3, -0.25) is 4.79 Å². The highest BCUT2D eigenvalue weighted by molar-refractivity contribution is 5.99. The summed E-state index contributed by atoms with van der Waals surface area (Å²) in [6.45, 7) is 0. The molecule has 0 fully saturated rings. The van der Waals surface area contributed by atoms with Gasteiger partial charge in [0.2, 0.25) is 0 Å². The molecule has 17 heavy (non-hydrogen) atoms. The predicted molar refractivity (Wildman–Crippen MR) is 72.5 cm³/mol. The molecule has 0 aliphatic rings. The van der Waals surface area contributed by atoms with Crippen molar-refractivity contribution < 1.29 is 4.79 Å². The van der Waals surface area contributed by atoms with Crippen LogP contribution in [-0.2, 0) is 4.79 Å². The maximum Gasteiger partial charge on any atom is 0.180 e. The van der Waals surface area contributed by atoms with Crippen LogP contribution < -0.4 is 0 Å². The lowest BCUT2D eigenvalue weighted by atomic mass is 10.2. The molecule has 1 aromatic carbocycles. The first-order valence-electron chi connectivity index (χ1n) is 5.47. The standard InChI is InChI=1S/C15H17NO/c1-16(2)13-12-15(17)11-7-6-10-14-8-4-3-5-9-14/h3-13H,1-2H3/b10-6+,11-7+,13-12-. The lowest BCUT2D eigenvalue weighted by Gasteiger charge is -2.00. The van der Waals surface area contributed by atoms with E-state index in [2.05, 4.69) is 0 Å². The Kier molecular flexibility index (Phi) is 5.52. The van der Waals surface area contributed by atoms with Gasteiger partial charge < -0.3 is 4.90 Å². The fraction of sp³-hybridized carbons (Fsp3) is 0.133. The van der Waals surface area contributed by atoms with Crippen LogP contribution in [0.2, 0.25) is 0 Å². The number of allylic oxidation sites excluding steroid dienone is 4. The van der Waals surface area contributed by atoms with E-state index in [0.29, 0.717) is 0 Å². The molecule has 0 radical (unpaired) electrons. The average molecular weight is 227 g/mol. The summed E-state index contributed by atoms with van der Waals surface area (Å²) in [4.78, 5) is 13.1. The topological polar surface area (TPSA) is 20.3 Å². The van der Waals surface area contributed by atoms with Gasteiger partial charge in [0.05, 0.1) is 0 Å². The molecule has 1 aromatic rings. The van der Waals surface area contributed by atoms with Crippen LogP contribution in [0.4, 0.5) is 0 Å². The number of nitrogens with zero attached hydrogens (tertiary/aromatic N) is 1. The van der Waals surface area contributed by atoms with Crippen molar-refractivity contribution in [2.75, 3.05) is 14.1 Å². The number of benzene rings is 1. The largest absolute Gasteiger partial charge is 0.383 e. The average Bonchev–Trinajstić information content (AvgIpc) is 2.33. The lowest BCUT2D eigenvalue weighted by Crippen LogP contribution is -2.01. The van der Waals surface area contributed by atoms with Gasteiger partial charge in [0, 0.05) is 26.4 Å². The summed E-state index contributed by atoms with van der Waals surface area (Å²) in [5, 5.41) is 0. The van der Waals surface area contributed by atoms with Gasteiger partial charge in [-0.2, -0.15) is 0 Å². The Labute approximate surface area is 103 Å². The van der Waals surface area contributed by atoms with E-state index in [-0.39, 0.29) is 5.78 Å². The van der Waals surface area contributed by atoms with Crippen molar-refractivity contribution in [1.82, 2.24) is 4.90 Å². The minimum atomic E-state index is -0.0172. The molecule has 0 amide bonds. The lowest BCUT2D eigenvalue weighted by molar-refractivity contribution is -0.110. The Balaban J connectivity index is 2.45. The van der Waals surface area contributed by atoms with Crippen LogP contribution in [0.5, 0.6) is 0 Å². The first-order chi connectivity index (χ1) is 8.18. The zero-order valence-corrected chi connectivity index (χ0v) is 10.2. The summed E-state index contributed by atoms with van der Waals surface area (Å²) in [7, 11) is 3.76. The SMILES string of the molecule is CN(C)/C=C\C(=O)/C=C/C=C/c1ccccc1. The van der Waals surface area contributed by atoms with Crippen molar-refractivity contribution in [3.05, 3.63) is 66.4 Å². The van der Waals surface area contributed by atoms with Crippen molar-refractivity contribution in [2.24, 2.45) is 0 Å². The minimum absolute atomic E-state index is 0.0172. The highest BCUT2D eigenvalue weighted by Crippen LogP contribution is 2.00. The molecular weight excluding hydrogens is 210 g/mol. The molecule has 0 saturated heterocycles. The van der Waals surface area contributed by atoms with Crippen LogP contribution in [0, 0.1) is 0 Å². The van der Waals surface area contributed by atoms with Gasteiger partial charge in [-0.15, -0.1) is 0 Å². The van der Waals surface area contributed by atoms with Crippen LogP contribution in [0.25, 0.3) is 6.08 Å². The quantitative estimate of drug-likeness (QED) is 0.569. The summed E-state index contributed by atoms with van der Waals surface area (Å²) in [6, 6.07) is 9.96. The zero-order chi connectivity index (χ0) is 12.5. The fourth-order valence-corrected chi connectivity index (χ4v) is 1.16. The van der Waals surface area contributed by atoms with Gasteiger partial charge in [-0.1, -0.05) is 48.6 Å². The van der Waals surface area contributed by atoms with Crippen molar-refractivity contribution in [2.45, 2.75) is 0 Å². The number of hydrogen-bond donors (Lipinski definition) is 0. The van der Waals surface area contributed by atoms with Crippen molar-refractivity contribution in [3.8, 4) is 0 Å². The van der Waals surface area contributed by atoms with Gasteiger partial charge in [-0.25, -0.2) is 0 Å². The van der Waals surface area contributed by atoms with E-state index < -0.39 is 0 Å². The molecule has 0 aromatic heterocycles. The Morgan fingerprint density at radius 3 is 2.41 bits per heavy atom. The van der Waals surface area contributed by atoms with Crippen LogP contribution in [0.1, 0.15) is 5.56 Å². The minimum Gasteiger partial charge on any atom is -0.383 e. The molecule has 0 aliphatic carbocycles. The fourth-order valence-electron chi connectivity index (χ4n) is 1.16. The molecule has 0 heterocycles. The summed E-state index contributed by atoms with van der Waals surface area (Å²) in [5.41, 5.74) is 1.12. The molecule has 0 spiro atoms. The van der Waals surface area contributed by atoms with Crippen LogP contribution in [0.15, 0.2) is 60.8 Å². The van der Waals surface area contributed by atoms with E-state index in [0.717, 1.165) is 5.56 Å². The smallest absolute Gasteiger partial charge is 0.180 e. The molecular formula is C15H17NO. The van der Waals surface area contributed by atoms with E-state index in [1.165, 1.54) is 6.08 Å². The molecule has 2 heteroatoms. The molecule has 2 nitrogen and oxygen atoms in total. The van der Waals surface area contributed by atoms with Crippen LogP contribution in [0.3, 0.4) is 0 Å². The normalized spacial score (nSPS) is 11.6. The third-order valence-electron chi connectivity index (χ3n) is 2.00. The number of carbonyl (C=O) groups excluding carboxylic acids is 1. The van der Waals surface area contributed by atoms with Gasteiger partial charge in [0.25, 0.3) is 0 Å². The molecule has 1 rings (SSSR count). The van der Waals surface area contributed by atoms with Crippen molar-refractivity contribution in [3.63, 3.8) is 0 Å². The second kappa shape index (κ2) is 7.23. The van der Waals surface area contributed by atoms with Gasteiger partial charge in [0.1, 0.15) is 0 Å².